The van der Waals surface area contributed by atoms with Crippen molar-refractivity contribution < 1.29 is 14.0 Å². The van der Waals surface area contributed by atoms with Gasteiger partial charge in [-0.25, -0.2) is 4.39 Å². The number of nitriles is 1. The van der Waals surface area contributed by atoms with Crippen LogP contribution >= 0.6 is 0 Å². The summed E-state index contributed by atoms with van der Waals surface area (Å²) >= 11 is 0. The fourth-order valence-electron chi connectivity index (χ4n) is 2.28. The predicted octanol–water partition coefficient (Wildman–Crippen LogP) is 1.45. The first kappa shape index (κ1) is 17.2. The maximum Gasteiger partial charge on any atom is 0.240 e. The summed E-state index contributed by atoms with van der Waals surface area (Å²) in [5.74, 6) is -1.47. The van der Waals surface area contributed by atoms with Gasteiger partial charge in [-0.05, 0) is 29.3 Å². The molecule has 2 aromatic carbocycles. The van der Waals surface area contributed by atoms with Gasteiger partial charge in [0, 0.05) is 6.42 Å². The third kappa shape index (κ3) is 4.65. The quantitative estimate of drug-likeness (QED) is 0.841. The Balaban J connectivity index is 2.05. The van der Waals surface area contributed by atoms with E-state index >= 15 is 0 Å². The second-order valence-corrected chi connectivity index (χ2v) is 5.30. The molecule has 0 heterocycles. The fraction of sp³-hybridized carbons (Fsp3) is 0.167. The van der Waals surface area contributed by atoms with Crippen molar-refractivity contribution >= 4 is 11.8 Å². The van der Waals surface area contributed by atoms with Crippen LogP contribution in [0.25, 0.3) is 0 Å². The Hall–Kier alpha value is -3.20. The Morgan fingerprint density at radius 2 is 1.83 bits per heavy atom. The van der Waals surface area contributed by atoms with Crippen LogP contribution in [0.5, 0.6) is 0 Å². The van der Waals surface area contributed by atoms with Crippen molar-refractivity contribution in [1.82, 2.24) is 5.32 Å². The molecular weight excluding hydrogens is 309 g/mol. The average Bonchev–Trinajstić information content (AvgIpc) is 2.56. The maximum absolute atomic E-state index is 12.9. The minimum absolute atomic E-state index is 0.00393. The molecule has 0 bridgehead atoms. The zero-order valence-electron chi connectivity index (χ0n) is 12.8. The minimum atomic E-state index is -0.924. The van der Waals surface area contributed by atoms with Crippen LogP contribution < -0.4 is 11.1 Å². The number of rotatable bonds is 6. The van der Waals surface area contributed by atoms with Crippen molar-refractivity contribution in [2.75, 3.05) is 0 Å². The largest absolute Gasteiger partial charge is 0.368 e. The summed E-state index contributed by atoms with van der Waals surface area (Å²) in [4.78, 5) is 23.7. The van der Waals surface area contributed by atoms with E-state index in [1.165, 1.54) is 24.3 Å². The number of halogens is 1. The molecule has 0 aromatic heterocycles. The summed E-state index contributed by atoms with van der Waals surface area (Å²) in [6.07, 6.45) is 0.137. The molecule has 0 unspecified atom stereocenters. The van der Waals surface area contributed by atoms with E-state index in [-0.39, 0.29) is 18.7 Å². The van der Waals surface area contributed by atoms with Crippen LogP contribution in [-0.4, -0.2) is 17.9 Å². The summed E-state index contributed by atoms with van der Waals surface area (Å²) < 4.78 is 12.9. The lowest BCUT2D eigenvalue weighted by molar-refractivity contribution is -0.127. The van der Waals surface area contributed by atoms with Crippen molar-refractivity contribution in [3.05, 3.63) is 71.0 Å². The van der Waals surface area contributed by atoms with Crippen LogP contribution in [0.15, 0.2) is 48.5 Å². The van der Waals surface area contributed by atoms with Gasteiger partial charge in [-0.3, -0.25) is 9.59 Å². The molecule has 1 atom stereocenters. The number of carbonyl (C=O) groups excluding carboxylic acids is 2. The van der Waals surface area contributed by atoms with E-state index in [4.69, 9.17) is 11.0 Å². The van der Waals surface area contributed by atoms with Gasteiger partial charge in [0.25, 0.3) is 0 Å². The minimum Gasteiger partial charge on any atom is -0.368 e. The monoisotopic (exact) mass is 325 g/mol. The lowest BCUT2D eigenvalue weighted by Gasteiger charge is -2.16. The van der Waals surface area contributed by atoms with Gasteiger partial charge in [0.15, 0.2) is 0 Å². The van der Waals surface area contributed by atoms with Gasteiger partial charge in [0.05, 0.1) is 18.1 Å². The predicted molar refractivity (Wildman–Crippen MR) is 86.1 cm³/mol. The highest BCUT2D eigenvalue weighted by atomic mass is 19.1. The molecule has 2 aromatic rings. The van der Waals surface area contributed by atoms with Crippen LogP contribution in [0.2, 0.25) is 0 Å². The van der Waals surface area contributed by atoms with E-state index in [0.717, 1.165) is 0 Å². The van der Waals surface area contributed by atoms with Crippen molar-refractivity contribution in [1.29, 1.82) is 5.26 Å². The number of nitrogens with zero attached hydrogens (tertiary/aromatic N) is 1. The molecule has 0 spiro atoms. The van der Waals surface area contributed by atoms with Crippen molar-refractivity contribution in [2.45, 2.75) is 18.9 Å². The Bertz CT molecular complexity index is 782. The number of benzene rings is 2. The van der Waals surface area contributed by atoms with Gasteiger partial charge in [-0.15, -0.1) is 0 Å². The van der Waals surface area contributed by atoms with E-state index in [1.54, 1.807) is 24.3 Å². The number of carbonyl (C=O) groups is 2. The van der Waals surface area contributed by atoms with Gasteiger partial charge in [-0.1, -0.05) is 30.3 Å². The van der Waals surface area contributed by atoms with E-state index in [1.807, 2.05) is 6.07 Å². The average molecular weight is 325 g/mol. The smallest absolute Gasteiger partial charge is 0.240 e. The van der Waals surface area contributed by atoms with E-state index < -0.39 is 17.9 Å². The summed E-state index contributed by atoms with van der Waals surface area (Å²) in [6.45, 7) is 0. The fourth-order valence-corrected chi connectivity index (χ4v) is 2.28. The number of amides is 2. The number of nitrogens with one attached hydrogen (secondary N) is 1. The number of hydrogen-bond donors (Lipinski definition) is 2. The van der Waals surface area contributed by atoms with E-state index in [2.05, 4.69) is 5.32 Å². The molecule has 0 aliphatic carbocycles. The van der Waals surface area contributed by atoms with Gasteiger partial charge < -0.3 is 11.1 Å². The third-order valence-corrected chi connectivity index (χ3v) is 3.52. The van der Waals surface area contributed by atoms with Crippen LogP contribution in [-0.2, 0) is 22.4 Å². The second kappa shape index (κ2) is 7.88. The Morgan fingerprint density at radius 3 is 2.46 bits per heavy atom. The summed E-state index contributed by atoms with van der Waals surface area (Å²) in [6, 6.07) is 13.4. The number of nitrogens with two attached hydrogens (primary N) is 1. The highest BCUT2D eigenvalue weighted by Crippen LogP contribution is 2.10. The number of hydrogen-bond acceptors (Lipinski definition) is 3. The standard InChI is InChI=1S/C18H16FN3O2/c19-15-7-5-12(6-8-15)9-17(23)22-16(18(21)24)10-13-3-1-2-4-14(13)11-20/h1-8,16H,9-10H2,(H2,21,24)(H,22,23)/t16-/m1/s1. The van der Waals surface area contributed by atoms with Gasteiger partial charge >= 0.3 is 0 Å². The first-order valence-electron chi connectivity index (χ1n) is 7.30. The van der Waals surface area contributed by atoms with Crippen molar-refractivity contribution in [3.63, 3.8) is 0 Å². The molecule has 3 N–H and O–H groups in total. The van der Waals surface area contributed by atoms with Gasteiger partial charge in [-0.2, -0.15) is 5.26 Å². The first-order chi connectivity index (χ1) is 11.5. The van der Waals surface area contributed by atoms with E-state index in [0.29, 0.717) is 16.7 Å². The zero-order valence-corrected chi connectivity index (χ0v) is 12.8. The number of primary amides is 1. The lowest BCUT2D eigenvalue weighted by Crippen LogP contribution is -2.46. The van der Waals surface area contributed by atoms with Gasteiger partial charge in [0.1, 0.15) is 11.9 Å². The van der Waals surface area contributed by atoms with Crippen LogP contribution in [0.3, 0.4) is 0 Å². The molecule has 24 heavy (non-hydrogen) atoms. The van der Waals surface area contributed by atoms with Crippen molar-refractivity contribution in [2.24, 2.45) is 5.73 Å². The second-order valence-electron chi connectivity index (χ2n) is 5.30. The lowest BCUT2D eigenvalue weighted by atomic mass is 10.00. The van der Waals surface area contributed by atoms with Crippen LogP contribution in [0.1, 0.15) is 16.7 Å². The molecule has 0 saturated carbocycles. The first-order valence-corrected chi connectivity index (χ1v) is 7.30. The summed E-state index contributed by atoms with van der Waals surface area (Å²) in [7, 11) is 0. The molecule has 6 heteroatoms. The van der Waals surface area contributed by atoms with Crippen LogP contribution in [0.4, 0.5) is 4.39 Å². The molecule has 5 nitrogen and oxygen atoms in total. The Kier molecular flexibility index (Phi) is 5.63. The molecular formula is C18H16FN3O2. The molecule has 0 saturated heterocycles. The molecule has 0 fully saturated rings. The molecule has 122 valence electrons. The van der Waals surface area contributed by atoms with Gasteiger partial charge in [0.2, 0.25) is 11.8 Å². The Labute approximate surface area is 138 Å². The van der Waals surface area contributed by atoms with Crippen LogP contribution in [0, 0.1) is 17.1 Å². The molecule has 0 aliphatic heterocycles. The zero-order chi connectivity index (χ0) is 17.5. The summed E-state index contributed by atoms with van der Waals surface area (Å²) in [5.41, 5.74) is 7.03. The normalized spacial score (nSPS) is 11.3. The summed E-state index contributed by atoms with van der Waals surface area (Å²) in [5, 5.41) is 11.6. The molecule has 2 amide bonds. The molecule has 0 aliphatic rings. The SMILES string of the molecule is N#Cc1ccccc1C[C@@H](NC(=O)Cc1ccc(F)cc1)C(N)=O. The third-order valence-electron chi connectivity index (χ3n) is 3.52. The van der Waals surface area contributed by atoms with E-state index in [9.17, 15) is 14.0 Å². The topological polar surface area (TPSA) is 96.0 Å². The Morgan fingerprint density at radius 1 is 1.17 bits per heavy atom. The highest BCUT2D eigenvalue weighted by molar-refractivity contribution is 5.87. The maximum atomic E-state index is 12.9. The molecule has 0 radical (unpaired) electrons. The van der Waals surface area contributed by atoms with Crippen molar-refractivity contribution in [3.8, 4) is 6.07 Å². The molecule has 2 rings (SSSR count). The highest BCUT2D eigenvalue weighted by Gasteiger charge is 2.20.